The van der Waals surface area contributed by atoms with Crippen molar-refractivity contribution in [1.82, 2.24) is 75.6 Å². The Kier molecular flexibility index (Phi) is 40.3. The van der Waals surface area contributed by atoms with E-state index in [4.69, 9.17) is 0 Å². The molecule has 0 unspecified atom stereocenters. The summed E-state index contributed by atoms with van der Waals surface area (Å²) in [6.45, 7) is 31.7. The van der Waals surface area contributed by atoms with Crippen LogP contribution in [-0.4, -0.2) is 310 Å². The van der Waals surface area contributed by atoms with Crippen LogP contribution >= 0.6 is 0 Å². The third-order valence-corrected chi connectivity index (χ3v) is 23.7. The predicted molar refractivity (Wildman–Crippen MR) is 460 cm³/mol. The number of aliphatic hydroxyl groups is 1. The molecule has 16 atom stereocenters. The highest BCUT2D eigenvalue weighted by Crippen LogP contribution is 2.27. The summed E-state index contributed by atoms with van der Waals surface area (Å²) in [6.07, 6.45) is 1.30. The van der Waals surface area contributed by atoms with Crippen LogP contribution in [0.5, 0.6) is 0 Å². The Balaban J connectivity index is 2.04. The van der Waals surface area contributed by atoms with E-state index in [-0.39, 0.29) is 80.4 Å². The molecule has 0 saturated carbocycles. The minimum atomic E-state index is -2.30. The fourth-order valence-corrected chi connectivity index (χ4v) is 15.3. The molecule has 31 heteroatoms. The van der Waals surface area contributed by atoms with Gasteiger partial charge in [-0.25, -0.2) is 0 Å². The van der Waals surface area contributed by atoms with Crippen molar-refractivity contribution in [1.29, 1.82) is 0 Å². The van der Waals surface area contributed by atoms with Gasteiger partial charge < -0.3 is 80.7 Å². The van der Waals surface area contributed by atoms with Crippen LogP contribution in [0.15, 0.2) is 60.7 Å². The second-order valence-electron chi connectivity index (χ2n) is 35.9. The van der Waals surface area contributed by atoms with E-state index in [0.717, 1.165) is 43.8 Å². The van der Waals surface area contributed by atoms with Gasteiger partial charge in [0.2, 0.25) is 76.8 Å². The van der Waals surface area contributed by atoms with Crippen LogP contribution in [0.1, 0.15) is 194 Å². The first-order valence-corrected chi connectivity index (χ1v) is 42.9. The number of nitrogens with one attached hydrogen (secondary N) is 5. The first kappa shape index (κ1) is 103. The van der Waals surface area contributed by atoms with Gasteiger partial charge in [-0.05, 0) is 132 Å². The normalized spacial score (nSPS) is 24.5. The fourth-order valence-electron chi connectivity index (χ4n) is 15.3. The van der Waals surface area contributed by atoms with Gasteiger partial charge in [0, 0.05) is 89.4 Å². The van der Waals surface area contributed by atoms with Crippen molar-refractivity contribution < 1.29 is 77.0 Å². The first-order chi connectivity index (χ1) is 55.9. The number of piperidine rings is 1. The van der Waals surface area contributed by atoms with Gasteiger partial charge in [0.05, 0.1) is 6.10 Å². The van der Waals surface area contributed by atoms with Crippen molar-refractivity contribution in [2.45, 2.75) is 286 Å². The molecule has 15 amide bonds. The third-order valence-electron chi connectivity index (χ3n) is 23.7. The van der Waals surface area contributed by atoms with Crippen LogP contribution in [0.2, 0.25) is 0 Å². The molecule has 2 fully saturated rings. The Morgan fingerprint density at radius 2 is 0.792 bits per heavy atom. The standard InChI is InChI=1S/C89H145N15O16/c1-28-57(14)72(89(120)104-42-36-31-37-43-104)92-79(110)71(56(12)13)91-75(106)58(15)95(19)87(118)74-88(119)97(21)60(17)81(112)101(25)68(47-54(8)9)83(114)99(23)65(45-52(4)5)76(107)90-64(44-51(2)3)82(113)102(26)69(48-55(10)11)84(115)103(27)70(50-63-40-34-30-35-41-63)85(116)100(24)67(49-62-38-32-29-33-39-62)78(109)93-73(61(18)105)86(117)96(20)59(16)80(111)98(22)66(46-53(6)7)77(108)94-74/h29-30,32-35,38-41,51-61,64-74,105H,28,31,36-37,42-50H2,1-27H3,(H,90,107)(H,91,106)(H,92,110)(H,93,109)(H,94,108)/t57-,58-,59-,60-,61+,64-,65-,66-,67-,68-,69-,70-,71-,72-,73-,74+/m0/s1. The van der Waals surface area contributed by atoms with E-state index in [2.05, 4.69) is 26.6 Å². The monoisotopic (exact) mass is 1680 g/mol. The zero-order valence-corrected chi connectivity index (χ0v) is 76.7. The van der Waals surface area contributed by atoms with Crippen LogP contribution in [0.4, 0.5) is 0 Å². The van der Waals surface area contributed by atoms with E-state index in [1.165, 1.54) is 111 Å². The predicted octanol–water partition coefficient (Wildman–Crippen LogP) is 4.74. The number of rotatable bonds is 25. The lowest BCUT2D eigenvalue weighted by molar-refractivity contribution is -0.155. The summed E-state index contributed by atoms with van der Waals surface area (Å²) >= 11 is 0. The molecule has 0 spiro atoms. The summed E-state index contributed by atoms with van der Waals surface area (Å²) < 4.78 is 0. The summed E-state index contributed by atoms with van der Waals surface area (Å²) in [5, 5.41) is 25.5. The lowest BCUT2D eigenvalue weighted by atomic mass is 9.95. The van der Waals surface area contributed by atoms with Crippen LogP contribution in [-0.2, 0) is 84.8 Å². The number of aliphatic hydroxyl groups excluding tert-OH is 1. The Hall–Kier alpha value is -9.55. The number of nitrogens with zero attached hydrogens (tertiary/aromatic N) is 10. The average molecular weight is 1680 g/mol. The number of likely N-dealkylation sites (N-methyl/N-ethyl adjacent to an activating group) is 9. The highest BCUT2D eigenvalue weighted by molar-refractivity contribution is 6.10. The van der Waals surface area contributed by atoms with Crippen molar-refractivity contribution in [3.05, 3.63) is 71.8 Å². The van der Waals surface area contributed by atoms with Crippen molar-refractivity contribution in [3.63, 3.8) is 0 Å². The smallest absolute Gasteiger partial charge is 0.255 e. The van der Waals surface area contributed by atoms with E-state index >= 15 is 57.5 Å². The van der Waals surface area contributed by atoms with Gasteiger partial charge in [0.1, 0.15) is 78.5 Å². The number of hydrogen-bond donors (Lipinski definition) is 6. The molecule has 6 N–H and O–H groups in total. The Bertz CT molecular complexity index is 3820. The number of likely N-dealkylation sites (tertiary alicyclic amines) is 1. The molecule has 0 aliphatic carbocycles. The maximum absolute atomic E-state index is 15.8. The number of carbonyl (C=O) groups is 15. The maximum atomic E-state index is 15.8. The van der Waals surface area contributed by atoms with Gasteiger partial charge in [0.15, 0.2) is 6.04 Å². The highest BCUT2D eigenvalue weighted by Gasteiger charge is 2.48. The molecule has 672 valence electrons. The van der Waals surface area contributed by atoms with Gasteiger partial charge in [-0.2, -0.15) is 0 Å². The molecule has 4 rings (SSSR count). The SMILES string of the molecule is CC[C@H](C)[C@H](NC(=O)[C@@H](NC(=O)[C@H](C)N(C)C(=O)[C@H]1NC(=O)[C@H](CC(C)C)N(C)C(=O)[C@H](C)N(C)C(=O)[C@H]([C@@H](C)O)NC(=O)[C@H](Cc2ccccc2)N(C)C(=O)[C@H](Cc2ccccc2)N(C)C(=O)[C@H](CC(C)C)N(C)C(=O)[C@H](CC(C)C)NC(=O)[C@H](CC(C)C)N(C)C(=O)[C@H](CC(C)C)N(C)C(=O)[C@H](C)N(C)C1=O)C(C)C)C(=O)N1CCCCC1. The van der Waals surface area contributed by atoms with Gasteiger partial charge >= 0.3 is 0 Å². The Morgan fingerprint density at radius 3 is 1.23 bits per heavy atom. The molecule has 2 heterocycles. The maximum Gasteiger partial charge on any atom is 0.255 e. The minimum absolute atomic E-state index is 0.0196. The molecule has 0 radical (unpaired) electrons. The molecule has 2 aliphatic rings. The molecule has 0 aromatic heterocycles. The summed E-state index contributed by atoms with van der Waals surface area (Å²) in [4.78, 5) is 240. The lowest BCUT2D eigenvalue weighted by Crippen LogP contribution is -2.64. The summed E-state index contributed by atoms with van der Waals surface area (Å²) in [6, 6.07) is -2.84. The zero-order chi connectivity index (χ0) is 91.1. The van der Waals surface area contributed by atoms with Gasteiger partial charge in [-0.15, -0.1) is 0 Å². The lowest BCUT2D eigenvalue weighted by Gasteiger charge is -2.39. The number of amides is 15. The van der Waals surface area contributed by atoms with Crippen molar-refractivity contribution >= 4 is 88.6 Å². The second-order valence-corrected chi connectivity index (χ2v) is 35.9. The molecular formula is C89H145N15O16. The zero-order valence-electron chi connectivity index (χ0n) is 76.7. The van der Waals surface area contributed by atoms with Crippen LogP contribution < -0.4 is 26.6 Å². The van der Waals surface area contributed by atoms with Crippen molar-refractivity contribution in [2.75, 3.05) is 76.5 Å². The van der Waals surface area contributed by atoms with Crippen LogP contribution in [0.25, 0.3) is 0 Å². The van der Waals surface area contributed by atoms with Crippen LogP contribution in [0.3, 0.4) is 0 Å². The molecular weight excluding hydrogens is 1540 g/mol. The van der Waals surface area contributed by atoms with E-state index in [1.807, 2.05) is 69.2 Å². The first-order valence-electron chi connectivity index (χ1n) is 42.9. The van der Waals surface area contributed by atoms with E-state index in [1.54, 1.807) is 93.3 Å². The topological polar surface area (TPSA) is 369 Å². The summed E-state index contributed by atoms with van der Waals surface area (Å²) in [7, 11) is 12.0. The fraction of sp³-hybridized carbons (Fsp3) is 0.697. The molecule has 2 aromatic rings. The van der Waals surface area contributed by atoms with Crippen LogP contribution in [0, 0.1) is 41.4 Å². The van der Waals surface area contributed by atoms with Crippen molar-refractivity contribution in [3.8, 4) is 0 Å². The average Bonchev–Trinajstić information content (AvgIpc) is 0.810. The number of benzene rings is 2. The molecule has 120 heavy (non-hydrogen) atoms. The van der Waals surface area contributed by atoms with Crippen molar-refractivity contribution in [2.24, 2.45) is 41.4 Å². The minimum Gasteiger partial charge on any atom is -0.391 e. The molecule has 31 nitrogen and oxygen atoms in total. The largest absolute Gasteiger partial charge is 0.391 e. The van der Waals surface area contributed by atoms with E-state index < -0.39 is 185 Å². The molecule has 2 aromatic carbocycles. The molecule has 2 saturated heterocycles. The number of hydrogen-bond acceptors (Lipinski definition) is 16. The van der Waals surface area contributed by atoms with E-state index in [0.29, 0.717) is 30.6 Å². The quantitative estimate of drug-likeness (QED) is 0.0731. The van der Waals surface area contributed by atoms with Gasteiger partial charge in [0.25, 0.3) is 11.8 Å². The van der Waals surface area contributed by atoms with Gasteiger partial charge in [-0.3, -0.25) is 71.9 Å². The summed E-state index contributed by atoms with van der Waals surface area (Å²) in [5.74, 6) is -14.6. The highest BCUT2D eigenvalue weighted by atomic mass is 16.3. The van der Waals surface area contributed by atoms with Gasteiger partial charge in [-0.1, -0.05) is 164 Å². The third kappa shape index (κ3) is 27.7. The van der Waals surface area contributed by atoms with E-state index in [9.17, 15) is 19.5 Å². The molecule has 2 aliphatic heterocycles. The number of carbonyl (C=O) groups excluding carboxylic acids is 15. The Labute approximate surface area is 713 Å². The second kappa shape index (κ2) is 47.0. The molecule has 0 bridgehead atoms. The summed E-state index contributed by atoms with van der Waals surface area (Å²) in [5.41, 5.74) is 1.20. The Morgan fingerprint density at radius 1 is 0.425 bits per heavy atom.